The highest BCUT2D eigenvalue weighted by Gasteiger charge is 1.97. The Kier molecular flexibility index (Phi) is 5.96. The van der Waals surface area contributed by atoms with Crippen molar-refractivity contribution < 1.29 is 4.79 Å². The maximum Gasteiger partial charge on any atom is 0.211 e. The summed E-state index contributed by atoms with van der Waals surface area (Å²) in [4.78, 5) is 14.1. The summed E-state index contributed by atoms with van der Waals surface area (Å²) in [5, 5.41) is 2.56. The van der Waals surface area contributed by atoms with E-state index in [1.807, 2.05) is 12.1 Å². The van der Waals surface area contributed by atoms with Crippen LogP contribution in [0.1, 0.15) is 16.7 Å². The van der Waals surface area contributed by atoms with Gasteiger partial charge in [-0.25, -0.2) is 0 Å². The van der Waals surface area contributed by atoms with Crippen molar-refractivity contribution in [2.45, 2.75) is 20.8 Å². The fraction of sp³-hybridized carbons (Fsp3) is 0.158. The Balaban J connectivity index is 0.000000198. The number of aryl methyl sites for hydroxylation is 3. The second-order valence-corrected chi connectivity index (χ2v) is 5.60. The average Bonchev–Trinajstić information content (AvgIpc) is 2.99. The molecule has 1 N–H and O–H groups in total. The van der Waals surface area contributed by atoms with E-state index in [-0.39, 0.29) is 0 Å². The molecule has 5 heteroatoms. The number of hydrogen-bond acceptors (Lipinski definition) is 2. The molecule has 2 aromatic carbocycles. The summed E-state index contributed by atoms with van der Waals surface area (Å²) in [7, 11) is 5.50. The van der Waals surface area contributed by atoms with Crippen LogP contribution >= 0.6 is 0 Å². The topological polar surface area (TPSA) is 46.9 Å². The molecule has 0 aliphatic rings. The lowest BCUT2D eigenvalue weighted by Gasteiger charge is -2.03. The first-order valence-corrected chi connectivity index (χ1v) is 7.63. The van der Waals surface area contributed by atoms with Crippen molar-refractivity contribution in [3.63, 3.8) is 0 Å². The van der Waals surface area contributed by atoms with Crippen LogP contribution in [0.3, 0.4) is 0 Å². The van der Waals surface area contributed by atoms with E-state index in [2.05, 4.69) is 49.3 Å². The zero-order chi connectivity index (χ0) is 17.5. The molecular weight excluding hydrogens is 297 g/mol. The Bertz CT molecular complexity index is 810. The number of anilines is 1. The van der Waals surface area contributed by atoms with Crippen LogP contribution in [0.2, 0.25) is 0 Å². The molecule has 0 aliphatic heterocycles. The van der Waals surface area contributed by atoms with E-state index in [0.29, 0.717) is 12.0 Å². The van der Waals surface area contributed by atoms with Gasteiger partial charge < -0.3 is 9.88 Å². The molecule has 0 saturated heterocycles. The molecule has 2 radical (unpaired) electrons. The molecule has 0 atom stereocenters. The number of nitrogens with zero attached hydrogens (tertiary/aromatic N) is 2. The van der Waals surface area contributed by atoms with Crippen LogP contribution in [0, 0.1) is 20.8 Å². The van der Waals surface area contributed by atoms with Crippen LogP contribution in [-0.4, -0.2) is 23.8 Å². The van der Waals surface area contributed by atoms with E-state index in [9.17, 15) is 4.79 Å². The number of benzene rings is 2. The number of carbonyl (C=O) groups is 1. The zero-order valence-electron chi connectivity index (χ0n) is 14.2. The molecule has 0 aliphatic carbocycles. The third-order valence-electron chi connectivity index (χ3n) is 3.66. The third kappa shape index (κ3) is 4.85. The van der Waals surface area contributed by atoms with Gasteiger partial charge in [0.05, 0.1) is 6.33 Å². The van der Waals surface area contributed by atoms with Gasteiger partial charge in [0.25, 0.3) is 0 Å². The van der Waals surface area contributed by atoms with Gasteiger partial charge in [0, 0.05) is 23.2 Å². The maximum absolute atomic E-state index is 10.2. The van der Waals surface area contributed by atoms with Gasteiger partial charge in [-0.05, 0) is 56.2 Å². The first-order chi connectivity index (χ1) is 11.5. The fourth-order valence-corrected chi connectivity index (χ4v) is 2.17. The van der Waals surface area contributed by atoms with E-state index in [1.165, 1.54) is 16.7 Å². The summed E-state index contributed by atoms with van der Waals surface area (Å²) >= 11 is 0. The number of aromatic nitrogens is 2. The van der Waals surface area contributed by atoms with Crippen LogP contribution < -0.4 is 10.9 Å². The van der Waals surface area contributed by atoms with E-state index in [1.54, 1.807) is 29.2 Å². The van der Waals surface area contributed by atoms with Gasteiger partial charge in [0.2, 0.25) is 6.41 Å². The molecule has 0 unspecified atom stereocenters. The molecule has 1 heterocycles. The Hall–Kier alpha value is -2.82. The van der Waals surface area contributed by atoms with E-state index in [4.69, 9.17) is 7.85 Å². The van der Waals surface area contributed by atoms with Gasteiger partial charge in [-0.2, -0.15) is 0 Å². The molecule has 3 rings (SSSR count). The first-order valence-electron chi connectivity index (χ1n) is 7.63. The minimum absolute atomic E-state index is 0.477. The quantitative estimate of drug-likeness (QED) is 0.596. The molecule has 4 nitrogen and oxygen atoms in total. The fourth-order valence-electron chi connectivity index (χ4n) is 2.17. The van der Waals surface area contributed by atoms with Crippen LogP contribution in [0.5, 0.6) is 0 Å². The van der Waals surface area contributed by atoms with Crippen molar-refractivity contribution in [2.75, 3.05) is 5.32 Å². The lowest BCUT2D eigenvalue weighted by Crippen LogP contribution is -2.01. The lowest BCUT2D eigenvalue weighted by atomic mass is 10.1. The predicted octanol–water partition coefficient (Wildman–Crippen LogP) is 2.85. The molecule has 0 bridgehead atoms. The van der Waals surface area contributed by atoms with Gasteiger partial charge in [-0.3, -0.25) is 9.78 Å². The van der Waals surface area contributed by atoms with Crippen molar-refractivity contribution in [2.24, 2.45) is 0 Å². The number of hydrogen-bond donors (Lipinski definition) is 1. The van der Waals surface area contributed by atoms with Crippen LogP contribution in [0.4, 0.5) is 5.69 Å². The summed E-state index contributed by atoms with van der Waals surface area (Å²) in [6, 6.07) is 13.8. The smallest absolute Gasteiger partial charge is 0.211 e. The molecule has 24 heavy (non-hydrogen) atoms. The summed E-state index contributed by atoms with van der Waals surface area (Å²) in [5.41, 5.74) is 6.27. The van der Waals surface area contributed by atoms with Crippen LogP contribution in [0.15, 0.2) is 55.0 Å². The number of imidazole rings is 1. The van der Waals surface area contributed by atoms with Gasteiger partial charge in [0.1, 0.15) is 7.85 Å². The predicted molar refractivity (Wildman–Crippen MR) is 99.3 cm³/mol. The van der Waals surface area contributed by atoms with Crippen LogP contribution in [-0.2, 0) is 4.79 Å². The molecular formula is C19H20BN3O. The van der Waals surface area contributed by atoms with Crippen LogP contribution in [0.25, 0.3) is 5.69 Å². The highest BCUT2D eigenvalue weighted by molar-refractivity contribution is 6.30. The minimum Gasteiger partial charge on any atom is -0.329 e. The average molecular weight is 317 g/mol. The molecule has 1 aromatic heterocycles. The van der Waals surface area contributed by atoms with Crippen molar-refractivity contribution >= 4 is 25.5 Å². The molecule has 3 aromatic rings. The lowest BCUT2D eigenvalue weighted by molar-refractivity contribution is -0.105. The standard InChI is InChI=1S/C10H8BN3O.C9H12/c11-10-5-14(6-12-10)9-3-1-8(2-4-9)13-7-15;1-7-4-5-8(2)9(3)6-7/h1-7H,(H,13,15);4-6H,1-3H3. The Morgan fingerprint density at radius 2 is 1.75 bits per heavy atom. The molecule has 0 spiro atoms. The Morgan fingerprint density at radius 3 is 2.25 bits per heavy atom. The van der Waals surface area contributed by atoms with E-state index < -0.39 is 0 Å². The van der Waals surface area contributed by atoms with Gasteiger partial charge >= 0.3 is 0 Å². The molecule has 120 valence electrons. The van der Waals surface area contributed by atoms with Crippen molar-refractivity contribution in [1.29, 1.82) is 0 Å². The van der Waals surface area contributed by atoms with E-state index >= 15 is 0 Å². The van der Waals surface area contributed by atoms with Crippen molar-refractivity contribution in [1.82, 2.24) is 9.55 Å². The first kappa shape index (κ1) is 17.5. The molecule has 0 saturated carbocycles. The molecule has 0 fully saturated rings. The monoisotopic (exact) mass is 317 g/mol. The summed E-state index contributed by atoms with van der Waals surface area (Å²) < 4.78 is 1.81. The SMILES string of the molecule is Cc1ccc(C)c(C)c1.[B]c1cn(-c2ccc(NC=O)cc2)cn1. The number of nitrogens with one attached hydrogen (secondary N) is 1. The summed E-state index contributed by atoms with van der Waals surface area (Å²) in [6.07, 6.45) is 4.00. The number of carbonyl (C=O) groups excluding carboxylic acids is 1. The Labute approximate surface area is 144 Å². The maximum atomic E-state index is 10.2. The second kappa shape index (κ2) is 8.15. The largest absolute Gasteiger partial charge is 0.329 e. The van der Waals surface area contributed by atoms with Gasteiger partial charge in [-0.15, -0.1) is 0 Å². The highest BCUT2D eigenvalue weighted by atomic mass is 16.1. The third-order valence-corrected chi connectivity index (χ3v) is 3.66. The van der Waals surface area contributed by atoms with Crippen molar-refractivity contribution in [3.05, 3.63) is 71.7 Å². The Morgan fingerprint density at radius 1 is 1.04 bits per heavy atom. The van der Waals surface area contributed by atoms with Gasteiger partial charge in [-0.1, -0.05) is 23.8 Å². The molecule has 1 amide bonds. The van der Waals surface area contributed by atoms with Gasteiger partial charge in [0.15, 0.2) is 0 Å². The van der Waals surface area contributed by atoms with Crippen molar-refractivity contribution in [3.8, 4) is 5.69 Å². The normalized spacial score (nSPS) is 9.79. The van der Waals surface area contributed by atoms with E-state index in [0.717, 1.165) is 11.4 Å². The number of rotatable bonds is 3. The number of amides is 1. The second-order valence-electron chi connectivity index (χ2n) is 5.60. The highest BCUT2D eigenvalue weighted by Crippen LogP contribution is 2.11. The minimum atomic E-state index is 0.477. The summed E-state index contributed by atoms with van der Waals surface area (Å²) in [6.45, 7) is 6.39. The zero-order valence-corrected chi connectivity index (χ0v) is 14.2. The summed E-state index contributed by atoms with van der Waals surface area (Å²) in [5.74, 6) is 0.